The first-order valence-corrected chi connectivity index (χ1v) is 12.7. The Morgan fingerprint density at radius 3 is 2.51 bits per heavy atom. The zero-order chi connectivity index (χ0) is 26.5. The normalized spacial score (nSPS) is 13.0. The SMILES string of the molecule is CCC(=O)Nc1cc(C(=O)OC)cc(C2=C(c3cc(Br)ccc3OCc3ccc(F)cc3F)CCC2)c1. The summed E-state index contributed by atoms with van der Waals surface area (Å²) in [6, 6.07) is 14.2. The summed E-state index contributed by atoms with van der Waals surface area (Å²) in [4.78, 5) is 24.4. The molecule has 1 amide bonds. The average Bonchev–Trinajstić information content (AvgIpc) is 3.38. The molecule has 0 saturated heterocycles. The van der Waals surface area contributed by atoms with E-state index >= 15 is 0 Å². The molecule has 3 aromatic carbocycles. The third kappa shape index (κ3) is 6.25. The van der Waals surface area contributed by atoms with Crippen LogP contribution < -0.4 is 10.1 Å². The van der Waals surface area contributed by atoms with Crippen molar-refractivity contribution < 1.29 is 27.8 Å². The van der Waals surface area contributed by atoms with Gasteiger partial charge in [-0.05, 0) is 84.5 Å². The van der Waals surface area contributed by atoms with Gasteiger partial charge in [0, 0.05) is 33.8 Å². The Bertz CT molecular complexity index is 1390. The molecular weight excluding hydrogens is 544 g/mol. The average molecular weight is 570 g/mol. The molecular formula is C29H26BrF2NO4. The zero-order valence-corrected chi connectivity index (χ0v) is 22.1. The van der Waals surface area contributed by atoms with E-state index in [9.17, 15) is 18.4 Å². The summed E-state index contributed by atoms with van der Waals surface area (Å²) in [7, 11) is 1.31. The first-order valence-electron chi connectivity index (χ1n) is 11.9. The van der Waals surface area contributed by atoms with Gasteiger partial charge in [0.1, 0.15) is 24.0 Å². The Hall–Kier alpha value is -3.52. The molecule has 1 aliphatic carbocycles. The topological polar surface area (TPSA) is 64.6 Å². The number of halogens is 3. The molecule has 3 aromatic rings. The van der Waals surface area contributed by atoms with E-state index in [0.29, 0.717) is 23.4 Å². The van der Waals surface area contributed by atoms with Crippen LogP contribution in [0.2, 0.25) is 0 Å². The van der Waals surface area contributed by atoms with E-state index in [4.69, 9.17) is 9.47 Å². The molecule has 0 heterocycles. The summed E-state index contributed by atoms with van der Waals surface area (Å²) >= 11 is 3.53. The van der Waals surface area contributed by atoms with E-state index in [1.807, 2.05) is 24.3 Å². The van der Waals surface area contributed by atoms with Gasteiger partial charge in [0.25, 0.3) is 0 Å². The van der Waals surface area contributed by atoms with Crippen molar-refractivity contribution in [1.29, 1.82) is 0 Å². The lowest BCUT2D eigenvalue weighted by molar-refractivity contribution is -0.115. The Labute approximate surface area is 222 Å². The van der Waals surface area contributed by atoms with E-state index in [1.165, 1.54) is 19.2 Å². The van der Waals surface area contributed by atoms with E-state index in [1.54, 1.807) is 19.1 Å². The molecule has 0 fully saturated rings. The van der Waals surface area contributed by atoms with Crippen molar-refractivity contribution in [2.45, 2.75) is 39.2 Å². The molecule has 0 aromatic heterocycles. The monoisotopic (exact) mass is 569 g/mol. The lowest BCUT2D eigenvalue weighted by Gasteiger charge is -2.16. The number of nitrogens with one attached hydrogen (secondary N) is 1. The number of amides is 1. The molecule has 0 saturated carbocycles. The fourth-order valence-corrected chi connectivity index (χ4v) is 4.74. The minimum absolute atomic E-state index is 0.0611. The predicted molar refractivity (Wildman–Crippen MR) is 142 cm³/mol. The van der Waals surface area contributed by atoms with Crippen LogP contribution in [-0.2, 0) is 16.1 Å². The maximum absolute atomic E-state index is 14.2. The minimum atomic E-state index is -0.666. The van der Waals surface area contributed by atoms with E-state index in [0.717, 1.165) is 52.1 Å². The third-order valence-corrected chi connectivity index (χ3v) is 6.68. The highest BCUT2D eigenvalue weighted by atomic mass is 79.9. The zero-order valence-electron chi connectivity index (χ0n) is 20.5. The number of hydrogen-bond acceptors (Lipinski definition) is 4. The summed E-state index contributed by atoms with van der Waals surface area (Å²) < 4.78 is 39.3. The van der Waals surface area contributed by atoms with E-state index < -0.39 is 17.6 Å². The second-order valence-corrected chi connectivity index (χ2v) is 9.58. The highest BCUT2D eigenvalue weighted by molar-refractivity contribution is 9.10. The van der Waals surface area contributed by atoms with Gasteiger partial charge in [-0.2, -0.15) is 0 Å². The predicted octanol–water partition coefficient (Wildman–Crippen LogP) is 7.54. The van der Waals surface area contributed by atoms with Crippen LogP contribution in [0.5, 0.6) is 5.75 Å². The Morgan fingerprint density at radius 2 is 1.78 bits per heavy atom. The van der Waals surface area contributed by atoms with Crippen LogP contribution in [0.1, 0.15) is 59.7 Å². The number of carbonyl (C=O) groups excluding carboxylic acids is 2. The van der Waals surface area contributed by atoms with Crippen molar-refractivity contribution >= 4 is 44.6 Å². The molecule has 5 nitrogen and oxygen atoms in total. The van der Waals surface area contributed by atoms with Crippen molar-refractivity contribution in [3.63, 3.8) is 0 Å². The van der Waals surface area contributed by atoms with Crippen LogP contribution in [0.3, 0.4) is 0 Å². The van der Waals surface area contributed by atoms with Gasteiger partial charge in [-0.15, -0.1) is 0 Å². The van der Waals surface area contributed by atoms with Crippen molar-refractivity contribution in [1.82, 2.24) is 0 Å². The first kappa shape index (κ1) is 26.5. The second kappa shape index (κ2) is 11.7. The van der Waals surface area contributed by atoms with Gasteiger partial charge in [-0.25, -0.2) is 13.6 Å². The Kier molecular flexibility index (Phi) is 8.38. The Morgan fingerprint density at radius 1 is 1.00 bits per heavy atom. The summed E-state index contributed by atoms with van der Waals surface area (Å²) in [6.07, 6.45) is 2.73. The van der Waals surface area contributed by atoms with Gasteiger partial charge in [-0.1, -0.05) is 22.9 Å². The molecule has 1 N–H and O–H groups in total. The van der Waals surface area contributed by atoms with Crippen LogP contribution in [0.4, 0.5) is 14.5 Å². The van der Waals surface area contributed by atoms with Crippen LogP contribution in [0.25, 0.3) is 11.1 Å². The summed E-state index contributed by atoms with van der Waals surface area (Å²) in [5.74, 6) is -1.41. The van der Waals surface area contributed by atoms with Gasteiger partial charge in [-0.3, -0.25) is 4.79 Å². The van der Waals surface area contributed by atoms with Crippen LogP contribution in [0.15, 0.2) is 59.1 Å². The van der Waals surface area contributed by atoms with Crippen molar-refractivity contribution in [3.05, 3.63) is 93.0 Å². The summed E-state index contributed by atoms with van der Waals surface area (Å²) in [5.41, 5.74) is 4.80. The lowest BCUT2D eigenvalue weighted by Crippen LogP contribution is -2.11. The van der Waals surface area contributed by atoms with E-state index in [2.05, 4.69) is 21.2 Å². The molecule has 8 heteroatoms. The van der Waals surface area contributed by atoms with Gasteiger partial charge in [0.15, 0.2) is 0 Å². The molecule has 0 spiro atoms. The quantitative estimate of drug-likeness (QED) is 0.285. The van der Waals surface area contributed by atoms with Crippen molar-refractivity contribution in [2.24, 2.45) is 0 Å². The Balaban J connectivity index is 1.76. The second-order valence-electron chi connectivity index (χ2n) is 8.67. The number of rotatable bonds is 8. The highest BCUT2D eigenvalue weighted by Gasteiger charge is 2.23. The maximum atomic E-state index is 14.2. The molecule has 0 aliphatic heterocycles. The molecule has 192 valence electrons. The van der Waals surface area contributed by atoms with Crippen molar-refractivity contribution in [3.8, 4) is 5.75 Å². The summed E-state index contributed by atoms with van der Waals surface area (Å²) in [6.45, 7) is 1.69. The fourth-order valence-electron chi connectivity index (χ4n) is 4.38. The molecule has 4 rings (SSSR count). The molecule has 0 atom stereocenters. The van der Waals surface area contributed by atoms with Crippen LogP contribution in [0, 0.1) is 11.6 Å². The fraction of sp³-hybridized carbons (Fsp3) is 0.241. The largest absolute Gasteiger partial charge is 0.488 e. The van der Waals surface area contributed by atoms with E-state index in [-0.39, 0.29) is 18.1 Å². The molecule has 0 radical (unpaired) electrons. The molecule has 1 aliphatic rings. The van der Waals surface area contributed by atoms with Crippen LogP contribution in [-0.4, -0.2) is 19.0 Å². The molecule has 37 heavy (non-hydrogen) atoms. The minimum Gasteiger partial charge on any atom is -0.488 e. The van der Waals surface area contributed by atoms with Crippen molar-refractivity contribution in [2.75, 3.05) is 12.4 Å². The molecule has 0 unspecified atom stereocenters. The number of methoxy groups -OCH3 is 1. The smallest absolute Gasteiger partial charge is 0.337 e. The number of carbonyl (C=O) groups is 2. The number of anilines is 1. The number of benzene rings is 3. The lowest BCUT2D eigenvalue weighted by atomic mass is 9.94. The standard InChI is InChI=1S/C29H26BrF2NO4/c1-3-28(34)33-22-12-18(11-19(13-22)29(35)36-2)23-5-4-6-24(23)25-14-20(30)8-10-27(25)37-16-17-7-9-21(31)15-26(17)32/h7-15H,3-6,16H2,1-2H3,(H,33,34). The number of ether oxygens (including phenoxy) is 2. The number of allylic oxidation sites excluding steroid dienone is 2. The maximum Gasteiger partial charge on any atom is 0.337 e. The first-order chi connectivity index (χ1) is 17.8. The van der Waals surface area contributed by atoms with Crippen LogP contribution >= 0.6 is 15.9 Å². The molecule has 0 bridgehead atoms. The van der Waals surface area contributed by atoms with Gasteiger partial charge < -0.3 is 14.8 Å². The number of esters is 1. The third-order valence-electron chi connectivity index (χ3n) is 6.19. The van der Waals surface area contributed by atoms with Gasteiger partial charge >= 0.3 is 5.97 Å². The number of hydrogen-bond donors (Lipinski definition) is 1. The summed E-state index contributed by atoms with van der Waals surface area (Å²) in [5, 5.41) is 2.83. The van der Waals surface area contributed by atoms with Gasteiger partial charge in [0.2, 0.25) is 5.91 Å². The van der Waals surface area contributed by atoms with Gasteiger partial charge in [0.05, 0.1) is 12.7 Å². The highest BCUT2D eigenvalue weighted by Crippen LogP contribution is 2.44.